The summed E-state index contributed by atoms with van der Waals surface area (Å²) >= 11 is 0. The summed E-state index contributed by atoms with van der Waals surface area (Å²) in [4.78, 5) is 0. The molecule has 0 aliphatic heterocycles. The predicted molar refractivity (Wildman–Crippen MR) is 101 cm³/mol. The van der Waals surface area contributed by atoms with Crippen molar-refractivity contribution < 1.29 is 62.2 Å². The molecule has 0 saturated heterocycles. The number of halogens is 12. The molecule has 0 amide bonds. The summed E-state index contributed by atoms with van der Waals surface area (Å²) in [5, 5.41) is 0. The van der Waals surface area contributed by atoms with Crippen molar-refractivity contribution in [2.45, 2.75) is 83.4 Å². The number of benzene rings is 1. The van der Waals surface area contributed by atoms with Crippen LogP contribution in [-0.4, -0.2) is 49.1 Å². The second-order valence-corrected chi connectivity index (χ2v) is 8.24. The Morgan fingerprint density at radius 1 is 0.600 bits per heavy atom. The first-order chi connectivity index (χ1) is 15.4. The summed E-state index contributed by atoms with van der Waals surface area (Å²) in [7, 11) is 0. The third-order valence-corrected chi connectivity index (χ3v) is 5.49. The zero-order chi connectivity index (χ0) is 27.8. The van der Waals surface area contributed by atoms with Crippen LogP contribution >= 0.6 is 0 Å². The highest BCUT2D eigenvalue weighted by atomic mass is 19.4. The van der Waals surface area contributed by atoms with E-state index in [1.54, 1.807) is 0 Å². The van der Waals surface area contributed by atoms with Crippen molar-refractivity contribution in [2.75, 3.05) is 13.2 Å². The molecule has 0 N–H and O–H groups in total. The van der Waals surface area contributed by atoms with Gasteiger partial charge in [-0.25, -0.2) is 0 Å². The monoisotopic (exact) mass is 536 g/mol. The SMILES string of the molecule is Cc1cc(CCOC(F)(F)C(F)(F)C(C)(F)F)c(C)c(C)c1CCOC(F)(F)C(F)(F)C(C)(F)F. The Balaban J connectivity index is 2.93. The topological polar surface area (TPSA) is 18.5 Å². The second-order valence-electron chi connectivity index (χ2n) is 8.24. The lowest BCUT2D eigenvalue weighted by molar-refractivity contribution is -0.394. The minimum atomic E-state index is -5.77. The first kappa shape index (κ1) is 31.3. The summed E-state index contributed by atoms with van der Waals surface area (Å²) in [6.07, 6.45) is -11.8. The summed E-state index contributed by atoms with van der Waals surface area (Å²) in [5.74, 6) is -21.7. The molecule has 0 fully saturated rings. The molecule has 0 unspecified atom stereocenters. The Labute approximate surface area is 193 Å². The smallest absolute Gasteiger partial charge is 0.315 e. The van der Waals surface area contributed by atoms with Crippen molar-refractivity contribution in [2.24, 2.45) is 0 Å². The number of aryl methyl sites for hydroxylation is 1. The maximum Gasteiger partial charge on any atom is 0.425 e. The van der Waals surface area contributed by atoms with E-state index >= 15 is 0 Å². The Morgan fingerprint density at radius 3 is 1.34 bits per heavy atom. The van der Waals surface area contributed by atoms with Gasteiger partial charge in [-0.05, 0) is 61.4 Å². The van der Waals surface area contributed by atoms with Crippen LogP contribution < -0.4 is 0 Å². The molecule has 14 heteroatoms. The quantitative estimate of drug-likeness (QED) is 0.258. The fraction of sp³-hybridized carbons (Fsp3) is 0.714. The lowest BCUT2D eigenvalue weighted by Crippen LogP contribution is -2.54. The van der Waals surface area contributed by atoms with Gasteiger partial charge in [-0.15, -0.1) is 0 Å². The molecule has 0 spiro atoms. The molecule has 0 heterocycles. The van der Waals surface area contributed by atoms with Gasteiger partial charge in [0.2, 0.25) is 0 Å². The van der Waals surface area contributed by atoms with E-state index in [1.807, 2.05) is 0 Å². The molecule has 0 saturated carbocycles. The Hall–Kier alpha value is -1.70. The van der Waals surface area contributed by atoms with E-state index in [-0.39, 0.29) is 19.4 Å². The van der Waals surface area contributed by atoms with E-state index < -0.39 is 62.0 Å². The van der Waals surface area contributed by atoms with Crippen molar-refractivity contribution >= 4 is 0 Å². The normalized spacial score (nSPS) is 14.5. The zero-order valence-corrected chi connectivity index (χ0v) is 19.3. The summed E-state index contributed by atoms with van der Waals surface area (Å²) in [6, 6.07) is 1.35. The number of ether oxygens (including phenoxy) is 2. The zero-order valence-electron chi connectivity index (χ0n) is 19.3. The molecule has 0 aliphatic rings. The van der Waals surface area contributed by atoms with Gasteiger partial charge in [-0.1, -0.05) is 6.07 Å². The fourth-order valence-corrected chi connectivity index (χ4v) is 3.13. The molecular weight excluding hydrogens is 512 g/mol. The van der Waals surface area contributed by atoms with Crippen LogP contribution in [0, 0.1) is 20.8 Å². The average molecular weight is 536 g/mol. The number of rotatable bonds is 12. The lowest BCUT2D eigenvalue weighted by atomic mass is 9.91. The first-order valence-corrected chi connectivity index (χ1v) is 10.0. The predicted octanol–water partition coefficient (Wildman–Crippen LogP) is 7.50. The highest BCUT2D eigenvalue weighted by Crippen LogP contribution is 2.47. The Bertz CT molecular complexity index is 886. The first-order valence-electron chi connectivity index (χ1n) is 10.0. The number of alkyl halides is 12. The molecule has 0 bridgehead atoms. The molecule has 204 valence electrons. The van der Waals surface area contributed by atoms with Crippen LogP contribution in [0.2, 0.25) is 0 Å². The summed E-state index contributed by atoms with van der Waals surface area (Å²) in [5.41, 5.74) is 1.64. The van der Waals surface area contributed by atoms with Crippen LogP contribution in [-0.2, 0) is 22.3 Å². The van der Waals surface area contributed by atoms with Gasteiger partial charge in [0.05, 0.1) is 13.2 Å². The van der Waals surface area contributed by atoms with Gasteiger partial charge < -0.3 is 9.47 Å². The van der Waals surface area contributed by atoms with Gasteiger partial charge in [0.25, 0.3) is 0 Å². The molecule has 0 atom stereocenters. The van der Waals surface area contributed by atoms with Gasteiger partial charge >= 0.3 is 35.9 Å². The van der Waals surface area contributed by atoms with Crippen molar-refractivity contribution in [3.05, 3.63) is 33.9 Å². The third kappa shape index (κ3) is 6.36. The van der Waals surface area contributed by atoms with Crippen molar-refractivity contribution in [1.29, 1.82) is 0 Å². The van der Waals surface area contributed by atoms with Gasteiger partial charge in [-0.2, -0.15) is 52.7 Å². The minimum absolute atomic E-state index is 0.273. The van der Waals surface area contributed by atoms with E-state index in [2.05, 4.69) is 9.47 Å². The average Bonchev–Trinajstić information content (AvgIpc) is 2.66. The molecule has 0 aromatic heterocycles. The molecule has 0 radical (unpaired) electrons. The summed E-state index contributed by atoms with van der Waals surface area (Å²) in [6.45, 7) is 1.42. The molecule has 1 aromatic rings. The molecule has 0 aliphatic carbocycles. The Morgan fingerprint density at radius 2 is 0.971 bits per heavy atom. The highest BCUT2D eigenvalue weighted by molar-refractivity contribution is 5.44. The van der Waals surface area contributed by atoms with E-state index in [4.69, 9.17) is 0 Å². The van der Waals surface area contributed by atoms with Crippen molar-refractivity contribution in [1.82, 2.24) is 0 Å². The van der Waals surface area contributed by atoms with Gasteiger partial charge in [0.1, 0.15) is 0 Å². The van der Waals surface area contributed by atoms with Gasteiger partial charge in [0.15, 0.2) is 0 Å². The van der Waals surface area contributed by atoms with E-state index in [1.165, 1.54) is 26.8 Å². The molecular formula is C21H24F12O2. The van der Waals surface area contributed by atoms with Crippen LogP contribution in [0.5, 0.6) is 0 Å². The van der Waals surface area contributed by atoms with Crippen LogP contribution in [0.1, 0.15) is 41.7 Å². The number of hydrogen-bond donors (Lipinski definition) is 0. The van der Waals surface area contributed by atoms with Crippen LogP contribution in [0.3, 0.4) is 0 Å². The van der Waals surface area contributed by atoms with Crippen LogP contribution in [0.25, 0.3) is 0 Å². The fourth-order valence-electron chi connectivity index (χ4n) is 3.13. The van der Waals surface area contributed by atoms with Crippen molar-refractivity contribution in [3.8, 4) is 0 Å². The molecule has 35 heavy (non-hydrogen) atoms. The molecule has 2 nitrogen and oxygen atoms in total. The van der Waals surface area contributed by atoms with Gasteiger partial charge in [-0.3, -0.25) is 0 Å². The third-order valence-electron chi connectivity index (χ3n) is 5.49. The summed E-state index contributed by atoms with van der Waals surface area (Å²) < 4.78 is 166. The van der Waals surface area contributed by atoms with Crippen LogP contribution in [0.15, 0.2) is 6.07 Å². The maximum absolute atomic E-state index is 13.5. The number of hydrogen-bond acceptors (Lipinski definition) is 2. The second kappa shape index (κ2) is 9.98. The van der Waals surface area contributed by atoms with E-state index in [0.29, 0.717) is 22.3 Å². The largest absolute Gasteiger partial charge is 0.425 e. The maximum atomic E-state index is 13.5. The Kier molecular flexibility index (Phi) is 8.94. The standard InChI is InChI=1S/C21H24F12O2/c1-11-10-14(6-8-34-20(30,31)18(26,27)16(4,22)23)12(2)13(3)15(11)7-9-35-21(32,33)19(28,29)17(5,24)25/h10H,6-9H2,1-5H3. The van der Waals surface area contributed by atoms with Crippen molar-refractivity contribution in [3.63, 3.8) is 0 Å². The highest BCUT2D eigenvalue weighted by Gasteiger charge is 2.71. The van der Waals surface area contributed by atoms with Gasteiger partial charge in [0, 0.05) is 13.8 Å². The molecule has 1 rings (SSSR count). The van der Waals surface area contributed by atoms with Crippen LogP contribution in [0.4, 0.5) is 52.7 Å². The lowest BCUT2D eigenvalue weighted by Gasteiger charge is -2.30. The minimum Gasteiger partial charge on any atom is -0.315 e. The molecule has 1 aromatic carbocycles. The van der Waals surface area contributed by atoms with E-state index in [0.717, 1.165) is 0 Å². The van der Waals surface area contributed by atoms with E-state index in [9.17, 15) is 52.7 Å².